The molecule has 0 radical (unpaired) electrons. The quantitative estimate of drug-likeness (QED) is 0.150. The largest absolute Gasteiger partial charge is 0.487 e. The summed E-state index contributed by atoms with van der Waals surface area (Å²) in [6.45, 7) is 0.757. The third kappa shape index (κ3) is 7.06. The van der Waals surface area contributed by atoms with Gasteiger partial charge in [0.15, 0.2) is 15.4 Å². The van der Waals surface area contributed by atoms with Crippen molar-refractivity contribution in [3.05, 3.63) is 126 Å². The Morgan fingerprint density at radius 1 is 1.00 bits per heavy atom. The number of fused-ring (bicyclic) bond motifs is 1. The highest BCUT2D eigenvalue weighted by Gasteiger charge is 2.37. The van der Waals surface area contributed by atoms with E-state index in [-0.39, 0.29) is 24.7 Å². The van der Waals surface area contributed by atoms with Gasteiger partial charge in [0.25, 0.3) is 0 Å². The smallest absolute Gasteiger partial charge is 0.179 e. The Hall–Kier alpha value is -4.58. The molecule has 0 fully saturated rings. The minimum absolute atomic E-state index is 0.0508. The third-order valence-electron chi connectivity index (χ3n) is 7.36. The molecule has 0 saturated carbocycles. The highest BCUT2D eigenvalue weighted by atomic mass is 35.5. The van der Waals surface area contributed by atoms with E-state index in [4.69, 9.17) is 21.1 Å². The van der Waals surface area contributed by atoms with Gasteiger partial charge < -0.3 is 20.1 Å². The Balaban J connectivity index is 1.17. The molecule has 0 saturated heterocycles. The number of sulfone groups is 1. The number of rotatable bonds is 12. The van der Waals surface area contributed by atoms with Crippen LogP contribution in [-0.4, -0.2) is 42.2 Å². The van der Waals surface area contributed by atoms with E-state index in [1.807, 2.05) is 18.2 Å². The molecule has 3 heterocycles. The summed E-state index contributed by atoms with van der Waals surface area (Å²) in [6, 6.07) is 21.7. The fourth-order valence-electron chi connectivity index (χ4n) is 5.00. The van der Waals surface area contributed by atoms with Gasteiger partial charge in [0.1, 0.15) is 30.3 Å². The molecule has 2 aromatic heterocycles. The van der Waals surface area contributed by atoms with Crippen LogP contribution in [-0.2, 0) is 26.8 Å². The molecule has 9 nitrogen and oxygen atoms in total. The van der Waals surface area contributed by atoms with Crippen molar-refractivity contribution in [3.8, 4) is 5.75 Å². The van der Waals surface area contributed by atoms with Crippen LogP contribution in [0.3, 0.4) is 0 Å². The van der Waals surface area contributed by atoms with Crippen LogP contribution in [0.2, 0.25) is 5.02 Å². The first-order valence-electron chi connectivity index (χ1n) is 14.2. The second-order valence-corrected chi connectivity index (χ2v) is 13.0. The lowest BCUT2D eigenvalue weighted by molar-refractivity contribution is 0.0378. The monoisotopic (exact) mass is 645 g/mol. The van der Waals surface area contributed by atoms with Gasteiger partial charge in [-0.25, -0.2) is 22.8 Å². The SMILES string of the molecule is O=S(=O)(CCNCC1(c2cc3c(Nc4ccc(OCc5cccc(F)c5)c(Cl)c4)ncnc3cn2)CC=CO1)c1ccccc1. The minimum Gasteiger partial charge on any atom is -0.487 e. The van der Waals surface area contributed by atoms with Gasteiger partial charge in [0.05, 0.1) is 39.3 Å². The zero-order valence-corrected chi connectivity index (χ0v) is 25.6. The molecular formula is C33H29ClFN5O4S. The zero-order valence-electron chi connectivity index (χ0n) is 24.0. The van der Waals surface area contributed by atoms with Crippen LogP contribution in [0.15, 0.2) is 109 Å². The lowest BCUT2D eigenvalue weighted by Crippen LogP contribution is -2.40. The summed E-state index contributed by atoms with van der Waals surface area (Å²) < 4.78 is 50.8. The first kappa shape index (κ1) is 30.4. The van der Waals surface area contributed by atoms with Gasteiger partial charge >= 0.3 is 0 Å². The van der Waals surface area contributed by atoms with Crippen LogP contribution >= 0.6 is 11.6 Å². The lowest BCUT2D eigenvalue weighted by Gasteiger charge is -2.29. The second kappa shape index (κ2) is 13.2. The predicted octanol–water partition coefficient (Wildman–Crippen LogP) is 6.33. The summed E-state index contributed by atoms with van der Waals surface area (Å²) in [5.74, 6) is 0.619. The summed E-state index contributed by atoms with van der Waals surface area (Å²) in [6.07, 6.45) is 7.20. The molecule has 0 amide bonds. The van der Waals surface area contributed by atoms with Gasteiger partial charge in [-0.1, -0.05) is 41.9 Å². The molecule has 1 aliphatic heterocycles. The molecule has 0 spiro atoms. The standard InChI is InChI=1S/C33H29ClFN5O4S/c34-28-17-25(10-11-30(28)43-20-23-6-4-7-24(35)16-23)40-32-27-18-31(37-19-29(27)38-22-39-32)33(12-5-14-44-33)21-36-13-15-45(41,42)26-8-2-1-3-9-26/h1-11,14,16-19,22,36H,12-13,15,20-21H2,(H,38,39,40). The molecular weight excluding hydrogens is 617 g/mol. The van der Waals surface area contributed by atoms with Gasteiger partial charge in [-0.2, -0.15) is 0 Å². The van der Waals surface area contributed by atoms with Crippen molar-refractivity contribution in [2.24, 2.45) is 0 Å². The Bertz CT molecular complexity index is 1950. The number of anilines is 2. The molecule has 1 unspecified atom stereocenters. The average molecular weight is 646 g/mol. The van der Waals surface area contributed by atoms with Crippen LogP contribution in [0.4, 0.5) is 15.9 Å². The number of pyridine rings is 1. The lowest BCUT2D eigenvalue weighted by atomic mass is 9.94. The van der Waals surface area contributed by atoms with Crippen molar-refractivity contribution >= 4 is 43.8 Å². The topological polar surface area (TPSA) is 115 Å². The van der Waals surface area contributed by atoms with Crippen LogP contribution in [0.25, 0.3) is 10.9 Å². The Kier molecular flexibility index (Phi) is 8.92. The first-order valence-corrected chi connectivity index (χ1v) is 16.2. The molecule has 0 bridgehead atoms. The van der Waals surface area contributed by atoms with Crippen molar-refractivity contribution in [1.29, 1.82) is 0 Å². The number of halogens is 2. The fraction of sp³-hybridized carbons (Fsp3) is 0.182. The Morgan fingerprint density at radius 3 is 2.64 bits per heavy atom. The molecule has 5 aromatic rings. The number of nitrogens with zero attached hydrogens (tertiary/aromatic N) is 3. The summed E-state index contributed by atoms with van der Waals surface area (Å²) in [5.41, 5.74) is 1.81. The number of benzene rings is 3. The van der Waals surface area contributed by atoms with Gasteiger partial charge in [-0.05, 0) is 60.2 Å². The molecule has 45 heavy (non-hydrogen) atoms. The Morgan fingerprint density at radius 2 is 1.87 bits per heavy atom. The van der Waals surface area contributed by atoms with E-state index in [2.05, 4.69) is 25.6 Å². The van der Waals surface area contributed by atoms with E-state index >= 15 is 0 Å². The molecule has 6 rings (SSSR count). The number of nitrogens with one attached hydrogen (secondary N) is 2. The summed E-state index contributed by atoms with van der Waals surface area (Å²) in [5, 5.41) is 7.65. The van der Waals surface area contributed by atoms with Crippen LogP contribution in [0, 0.1) is 5.82 Å². The van der Waals surface area contributed by atoms with E-state index in [1.165, 1.54) is 18.5 Å². The summed E-state index contributed by atoms with van der Waals surface area (Å²) >= 11 is 6.51. The van der Waals surface area contributed by atoms with E-state index in [1.54, 1.807) is 67.1 Å². The second-order valence-electron chi connectivity index (χ2n) is 10.5. The van der Waals surface area contributed by atoms with Crippen molar-refractivity contribution in [3.63, 3.8) is 0 Å². The highest BCUT2D eigenvalue weighted by Crippen LogP contribution is 2.36. The van der Waals surface area contributed by atoms with Crippen molar-refractivity contribution in [2.75, 3.05) is 24.2 Å². The molecule has 2 N–H and O–H groups in total. The number of hydrogen-bond donors (Lipinski definition) is 2. The normalized spacial score (nSPS) is 16.0. The molecule has 230 valence electrons. The van der Waals surface area contributed by atoms with Gasteiger partial charge in [-0.15, -0.1) is 0 Å². The van der Waals surface area contributed by atoms with Crippen LogP contribution in [0.5, 0.6) is 5.75 Å². The average Bonchev–Trinajstić information content (AvgIpc) is 3.53. The summed E-state index contributed by atoms with van der Waals surface area (Å²) in [7, 11) is -3.42. The third-order valence-corrected chi connectivity index (χ3v) is 9.39. The minimum atomic E-state index is -3.42. The van der Waals surface area contributed by atoms with E-state index in [0.29, 0.717) is 62.3 Å². The van der Waals surface area contributed by atoms with Crippen molar-refractivity contribution in [2.45, 2.75) is 23.5 Å². The number of ether oxygens (including phenoxy) is 2. The highest BCUT2D eigenvalue weighted by molar-refractivity contribution is 7.91. The molecule has 1 atom stereocenters. The van der Waals surface area contributed by atoms with Crippen LogP contribution < -0.4 is 15.4 Å². The van der Waals surface area contributed by atoms with Crippen molar-refractivity contribution < 1.29 is 22.3 Å². The maximum atomic E-state index is 13.5. The van der Waals surface area contributed by atoms with Crippen LogP contribution in [0.1, 0.15) is 17.7 Å². The van der Waals surface area contributed by atoms with Gasteiger partial charge in [0.2, 0.25) is 0 Å². The van der Waals surface area contributed by atoms with E-state index in [0.717, 1.165) is 0 Å². The van der Waals surface area contributed by atoms with E-state index < -0.39 is 15.4 Å². The number of hydrogen-bond acceptors (Lipinski definition) is 9. The maximum absolute atomic E-state index is 13.5. The molecule has 3 aromatic carbocycles. The zero-order chi connectivity index (χ0) is 31.3. The Labute approximate surface area is 265 Å². The molecule has 1 aliphatic rings. The van der Waals surface area contributed by atoms with Gasteiger partial charge in [0, 0.05) is 30.6 Å². The molecule has 12 heteroatoms. The molecule has 0 aliphatic carbocycles. The van der Waals surface area contributed by atoms with Gasteiger partial charge in [-0.3, -0.25) is 4.98 Å². The number of aromatic nitrogens is 3. The maximum Gasteiger partial charge on any atom is 0.179 e. The van der Waals surface area contributed by atoms with E-state index in [9.17, 15) is 12.8 Å². The summed E-state index contributed by atoms with van der Waals surface area (Å²) in [4.78, 5) is 13.8. The fourth-order valence-corrected chi connectivity index (χ4v) is 6.46. The first-order chi connectivity index (χ1) is 21.8. The van der Waals surface area contributed by atoms with Crippen molar-refractivity contribution in [1.82, 2.24) is 20.3 Å². The predicted molar refractivity (Wildman–Crippen MR) is 171 cm³/mol.